The molecule has 1 fully saturated rings. The van der Waals surface area contributed by atoms with Crippen LogP contribution in [0.15, 0.2) is 75.5 Å². The van der Waals surface area contributed by atoms with E-state index in [-0.39, 0.29) is 23.8 Å². The van der Waals surface area contributed by atoms with Crippen molar-refractivity contribution in [3.05, 3.63) is 86.7 Å². The lowest BCUT2D eigenvalue weighted by atomic mass is 9.71. The maximum atomic E-state index is 13.7. The van der Waals surface area contributed by atoms with Crippen molar-refractivity contribution in [3.8, 4) is 5.75 Å². The van der Waals surface area contributed by atoms with Crippen LogP contribution in [0.25, 0.3) is 0 Å². The summed E-state index contributed by atoms with van der Waals surface area (Å²) in [6, 6.07) is 15.9. The molecular weight excluding hydrogens is 506 g/mol. The molecule has 1 saturated carbocycles. The van der Waals surface area contributed by atoms with Gasteiger partial charge in [-0.25, -0.2) is 4.79 Å². The van der Waals surface area contributed by atoms with Crippen molar-refractivity contribution in [2.24, 2.45) is 0 Å². The zero-order valence-corrected chi connectivity index (χ0v) is 21.7. The summed E-state index contributed by atoms with van der Waals surface area (Å²) in [6.07, 6.45) is 5.05. The van der Waals surface area contributed by atoms with Crippen LogP contribution in [0.4, 0.5) is 0 Å². The van der Waals surface area contributed by atoms with Gasteiger partial charge >= 0.3 is 5.97 Å². The van der Waals surface area contributed by atoms with Gasteiger partial charge in [0.05, 0.1) is 17.2 Å². The van der Waals surface area contributed by atoms with Crippen LogP contribution in [0.5, 0.6) is 5.75 Å². The number of nitrogens with one attached hydrogen (secondary N) is 1. The molecule has 2 atom stereocenters. The fourth-order valence-electron chi connectivity index (χ4n) is 5.69. The number of ketones is 1. The number of halogens is 1. The van der Waals surface area contributed by atoms with E-state index in [1.54, 1.807) is 7.11 Å². The minimum Gasteiger partial charge on any atom is -0.496 e. The van der Waals surface area contributed by atoms with Crippen LogP contribution < -0.4 is 10.1 Å². The molecule has 0 saturated heterocycles. The first-order valence-corrected chi connectivity index (χ1v) is 13.1. The van der Waals surface area contributed by atoms with Crippen LogP contribution >= 0.6 is 15.9 Å². The van der Waals surface area contributed by atoms with Crippen LogP contribution in [0.1, 0.15) is 68.4 Å². The highest BCUT2D eigenvalue weighted by molar-refractivity contribution is 9.10. The molecule has 1 heterocycles. The molecule has 2 aromatic carbocycles. The van der Waals surface area contributed by atoms with Gasteiger partial charge in [0, 0.05) is 29.3 Å². The molecular formula is C29H30BrNO4. The van der Waals surface area contributed by atoms with Crippen LogP contribution in [-0.2, 0) is 14.3 Å². The number of Topliss-reactive ketones (excluding diaryl/α,β-unsaturated/α-hetero) is 1. The second-order valence-electron chi connectivity index (χ2n) is 9.63. The third kappa shape index (κ3) is 4.68. The SMILES string of the molecule is COc1ccc([C@@H]2C(C(=O)OC3CCCC3)=C(C)NC3=C2C(=O)C[C@@H](c2ccccc2)C3)cc1Br. The normalized spacial score (nSPS) is 22.7. The zero-order chi connectivity index (χ0) is 24.5. The van der Waals surface area contributed by atoms with Crippen molar-refractivity contribution < 1.29 is 19.1 Å². The summed E-state index contributed by atoms with van der Waals surface area (Å²) in [4.78, 5) is 27.2. The minimum atomic E-state index is -0.480. The number of rotatable bonds is 5. The molecule has 6 heteroatoms. The van der Waals surface area contributed by atoms with Gasteiger partial charge in [0.1, 0.15) is 11.9 Å². The predicted molar refractivity (Wildman–Crippen MR) is 138 cm³/mol. The number of hydrogen-bond acceptors (Lipinski definition) is 5. The molecule has 0 aromatic heterocycles. The Morgan fingerprint density at radius 1 is 1.03 bits per heavy atom. The summed E-state index contributed by atoms with van der Waals surface area (Å²) in [5.41, 5.74) is 4.89. The Morgan fingerprint density at radius 2 is 1.77 bits per heavy atom. The molecule has 5 nitrogen and oxygen atoms in total. The lowest BCUT2D eigenvalue weighted by Gasteiger charge is -2.37. The van der Waals surface area contributed by atoms with Crippen molar-refractivity contribution in [2.75, 3.05) is 7.11 Å². The summed E-state index contributed by atoms with van der Waals surface area (Å²) in [7, 11) is 1.62. The molecule has 1 aliphatic heterocycles. The van der Waals surface area contributed by atoms with Crippen LogP contribution in [0, 0.1) is 0 Å². The number of esters is 1. The average Bonchev–Trinajstić information content (AvgIpc) is 3.36. The van der Waals surface area contributed by atoms with E-state index in [9.17, 15) is 9.59 Å². The van der Waals surface area contributed by atoms with Gasteiger partial charge in [-0.15, -0.1) is 0 Å². The van der Waals surface area contributed by atoms with Gasteiger partial charge in [0.2, 0.25) is 0 Å². The van der Waals surface area contributed by atoms with Gasteiger partial charge in [-0.3, -0.25) is 4.79 Å². The van der Waals surface area contributed by atoms with E-state index in [1.165, 1.54) is 0 Å². The van der Waals surface area contributed by atoms with Crippen molar-refractivity contribution in [1.82, 2.24) is 5.32 Å². The van der Waals surface area contributed by atoms with Gasteiger partial charge in [-0.05, 0) is 84.1 Å². The Hall–Kier alpha value is -2.86. The largest absolute Gasteiger partial charge is 0.496 e. The topological polar surface area (TPSA) is 64.6 Å². The maximum absolute atomic E-state index is 13.7. The number of ether oxygens (including phenoxy) is 2. The highest BCUT2D eigenvalue weighted by atomic mass is 79.9. The number of dihydropyridines is 1. The van der Waals surface area contributed by atoms with E-state index in [0.717, 1.165) is 59.1 Å². The summed E-state index contributed by atoms with van der Waals surface area (Å²) >= 11 is 3.59. The molecule has 0 radical (unpaired) electrons. The smallest absolute Gasteiger partial charge is 0.337 e. The fraction of sp³-hybridized carbons (Fsp3) is 0.379. The lowest BCUT2D eigenvalue weighted by Crippen LogP contribution is -2.36. The highest BCUT2D eigenvalue weighted by Crippen LogP contribution is 2.47. The Balaban J connectivity index is 1.57. The molecule has 1 N–H and O–H groups in total. The van der Waals surface area contributed by atoms with E-state index >= 15 is 0 Å². The second-order valence-corrected chi connectivity index (χ2v) is 10.5. The number of methoxy groups -OCH3 is 1. The third-order valence-corrected chi connectivity index (χ3v) is 8.02. The maximum Gasteiger partial charge on any atom is 0.337 e. The molecule has 5 rings (SSSR count). The zero-order valence-electron chi connectivity index (χ0n) is 20.1. The molecule has 0 unspecified atom stereocenters. The predicted octanol–water partition coefficient (Wildman–Crippen LogP) is 6.31. The molecule has 35 heavy (non-hydrogen) atoms. The Bertz CT molecular complexity index is 1210. The molecule has 3 aliphatic rings. The van der Waals surface area contributed by atoms with Crippen LogP contribution in [-0.4, -0.2) is 25.0 Å². The molecule has 2 aromatic rings. The number of allylic oxidation sites excluding steroid dienone is 3. The van der Waals surface area contributed by atoms with E-state index in [1.807, 2.05) is 43.3 Å². The highest BCUT2D eigenvalue weighted by Gasteiger charge is 2.42. The van der Waals surface area contributed by atoms with E-state index in [0.29, 0.717) is 23.3 Å². The molecule has 0 amide bonds. The number of hydrogen-bond donors (Lipinski definition) is 1. The first-order valence-electron chi connectivity index (χ1n) is 12.3. The second kappa shape index (κ2) is 10.0. The van der Waals surface area contributed by atoms with Crippen molar-refractivity contribution in [2.45, 2.75) is 63.4 Å². The first kappa shape index (κ1) is 23.9. The first-order chi connectivity index (χ1) is 17.0. The number of benzene rings is 2. The van der Waals surface area contributed by atoms with Crippen LogP contribution in [0.3, 0.4) is 0 Å². The van der Waals surface area contributed by atoms with Gasteiger partial charge in [-0.1, -0.05) is 36.4 Å². The van der Waals surface area contributed by atoms with E-state index < -0.39 is 5.92 Å². The lowest BCUT2D eigenvalue weighted by molar-refractivity contribution is -0.144. The fourth-order valence-corrected chi connectivity index (χ4v) is 6.25. The summed E-state index contributed by atoms with van der Waals surface area (Å²) in [6.45, 7) is 1.91. The van der Waals surface area contributed by atoms with Crippen molar-refractivity contribution in [1.29, 1.82) is 0 Å². The summed E-state index contributed by atoms with van der Waals surface area (Å²) in [5.74, 6) is 0.0722. The number of carbonyl (C=O) groups excluding carboxylic acids is 2. The van der Waals surface area contributed by atoms with Gasteiger partial charge in [0.15, 0.2) is 5.78 Å². The van der Waals surface area contributed by atoms with E-state index in [4.69, 9.17) is 9.47 Å². The molecule has 0 spiro atoms. The van der Waals surface area contributed by atoms with Crippen LogP contribution in [0.2, 0.25) is 0 Å². The number of carbonyl (C=O) groups is 2. The van der Waals surface area contributed by atoms with Gasteiger partial charge in [-0.2, -0.15) is 0 Å². The monoisotopic (exact) mass is 535 g/mol. The van der Waals surface area contributed by atoms with Crippen molar-refractivity contribution >= 4 is 27.7 Å². The van der Waals surface area contributed by atoms with Gasteiger partial charge in [0.25, 0.3) is 0 Å². The molecule has 2 aliphatic carbocycles. The quantitative estimate of drug-likeness (QED) is 0.454. The van der Waals surface area contributed by atoms with E-state index in [2.05, 4.69) is 33.4 Å². The Kier molecular flexibility index (Phi) is 6.83. The average molecular weight is 536 g/mol. The summed E-state index contributed by atoms with van der Waals surface area (Å²) < 4.78 is 12.1. The third-order valence-electron chi connectivity index (χ3n) is 7.40. The molecule has 0 bridgehead atoms. The molecule has 182 valence electrons. The standard InChI is InChI=1S/C29H30BrNO4/c1-17-26(29(33)35-21-10-6-7-11-21)27(19-12-13-25(34-2)22(30)14-19)28-23(31-17)15-20(16-24(28)32)18-8-4-3-5-9-18/h3-5,8-9,12-14,20-21,27,31H,6-7,10-11,15-16H2,1-2H3/t20-,27+/m0/s1. The Morgan fingerprint density at radius 3 is 2.46 bits per heavy atom. The van der Waals surface area contributed by atoms with Gasteiger partial charge < -0.3 is 14.8 Å². The van der Waals surface area contributed by atoms with Crippen molar-refractivity contribution in [3.63, 3.8) is 0 Å². The Labute approximate surface area is 214 Å². The summed E-state index contributed by atoms with van der Waals surface area (Å²) in [5, 5.41) is 3.44. The minimum absolute atomic E-state index is 0.0500.